The maximum Gasteiger partial charge on any atom is 0.119 e. The quantitative estimate of drug-likeness (QED) is 0.315. The molecular weight excluding hydrogens is 458 g/mol. The van der Waals surface area contributed by atoms with Crippen molar-refractivity contribution >= 4 is 56.7 Å². The molecule has 0 spiro atoms. The molecule has 1 saturated heterocycles. The number of pyridine rings is 1. The fourth-order valence-corrected chi connectivity index (χ4v) is 6.05. The highest BCUT2D eigenvalue weighted by molar-refractivity contribution is 8.00. The van der Waals surface area contributed by atoms with E-state index in [1.165, 1.54) is 11.9 Å². The molecule has 1 aliphatic heterocycles. The number of anilines is 2. The second kappa shape index (κ2) is 9.53. The minimum Gasteiger partial charge on any atom is -0.326 e. The van der Waals surface area contributed by atoms with E-state index in [0.29, 0.717) is 5.02 Å². The Kier molecular flexibility index (Phi) is 6.35. The Morgan fingerprint density at radius 2 is 1.84 bits per heavy atom. The molecule has 4 nitrogen and oxygen atoms in total. The van der Waals surface area contributed by atoms with Crippen LogP contribution in [0.3, 0.4) is 0 Å². The summed E-state index contributed by atoms with van der Waals surface area (Å²) in [5.74, 6) is 0.752. The molecule has 0 radical (unpaired) electrons. The minimum absolute atomic E-state index is 0.670. The first-order valence-corrected chi connectivity index (χ1v) is 13.0. The molecule has 2 heterocycles. The van der Waals surface area contributed by atoms with Gasteiger partial charge in [-0.2, -0.15) is 0 Å². The molecule has 1 fully saturated rings. The van der Waals surface area contributed by atoms with Crippen LogP contribution in [0.2, 0.25) is 5.02 Å². The van der Waals surface area contributed by atoms with Crippen LogP contribution in [0.25, 0.3) is 22.0 Å². The van der Waals surface area contributed by atoms with Gasteiger partial charge in [0.05, 0.1) is 10.7 Å². The van der Waals surface area contributed by atoms with Crippen molar-refractivity contribution in [2.75, 3.05) is 21.3 Å². The average Bonchev–Trinajstić information content (AvgIpc) is 2.84. The number of benzene rings is 3. The standard InChI is InChI=1S/C25H22ClN3OS2/c26-24-12-7-19(17-23(24)25-22-6-2-1-5-18(22)13-14-27-25)28-31-21-10-8-20(9-11-21)29-15-3-4-16-32(29)30/h1-2,5-14,17,28H,3-4,15-16H2. The van der Waals surface area contributed by atoms with Crippen molar-refractivity contribution in [2.45, 2.75) is 17.7 Å². The third-order valence-corrected chi connectivity index (χ3v) is 8.18. The van der Waals surface area contributed by atoms with E-state index in [4.69, 9.17) is 11.6 Å². The van der Waals surface area contributed by atoms with Gasteiger partial charge in [0, 0.05) is 45.7 Å². The number of hydrogen-bond donors (Lipinski definition) is 1. The Balaban J connectivity index is 1.34. The van der Waals surface area contributed by atoms with Crippen LogP contribution in [-0.2, 0) is 11.0 Å². The fraction of sp³-hybridized carbons (Fsp3) is 0.160. The molecule has 1 N–H and O–H groups in total. The number of halogens is 1. The lowest BCUT2D eigenvalue weighted by Gasteiger charge is -2.27. The molecule has 1 atom stereocenters. The number of rotatable bonds is 5. The molecule has 3 aromatic carbocycles. The van der Waals surface area contributed by atoms with Gasteiger partial charge in [-0.3, -0.25) is 9.29 Å². The van der Waals surface area contributed by atoms with E-state index >= 15 is 0 Å². The summed E-state index contributed by atoms with van der Waals surface area (Å²) in [6.07, 6.45) is 3.95. The van der Waals surface area contributed by atoms with Crippen LogP contribution in [0.1, 0.15) is 12.8 Å². The lowest BCUT2D eigenvalue weighted by Crippen LogP contribution is -2.32. The summed E-state index contributed by atoms with van der Waals surface area (Å²) >= 11 is 8.08. The molecule has 4 aromatic rings. The van der Waals surface area contributed by atoms with Crippen LogP contribution >= 0.6 is 23.5 Å². The third-order valence-electron chi connectivity index (χ3n) is 5.48. The van der Waals surface area contributed by atoms with Crippen molar-refractivity contribution in [1.29, 1.82) is 0 Å². The van der Waals surface area contributed by atoms with Crippen molar-refractivity contribution in [3.63, 3.8) is 0 Å². The van der Waals surface area contributed by atoms with Gasteiger partial charge in [-0.25, -0.2) is 4.21 Å². The summed E-state index contributed by atoms with van der Waals surface area (Å²) in [7, 11) is -0.910. The van der Waals surface area contributed by atoms with Gasteiger partial charge in [0.2, 0.25) is 0 Å². The van der Waals surface area contributed by atoms with Gasteiger partial charge in [-0.1, -0.05) is 35.9 Å². The molecule has 5 rings (SSSR count). The van der Waals surface area contributed by atoms with E-state index in [1.807, 2.05) is 59.0 Å². The van der Waals surface area contributed by atoms with E-state index in [0.717, 1.165) is 63.4 Å². The molecule has 1 aliphatic rings. The number of fused-ring (bicyclic) bond motifs is 1. The molecule has 0 saturated carbocycles. The van der Waals surface area contributed by atoms with Crippen LogP contribution in [0, 0.1) is 0 Å². The molecule has 0 amide bonds. The number of nitrogens with zero attached hydrogens (tertiary/aromatic N) is 2. The zero-order valence-corrected chi connectivity index (χ0v) is 19.7. The summed E-state index contributed by atoms with van der Waals surface area (Å²) < 4.78 is 17.7. The predicted octanol–water partition coefficient (Wildman–Crippen LogP) is 6.94. The molecular formula is C25H22ClN3OS2. The third kappa shape index (κ3) is 4.49. The molecule has 0 aliphatic carbocycles. The lowest BCUT2D eigenvalue weighted by molar-refractivity contribution is 0.660. The molecule has 32 heavy (non-hydrogen) atoms. The summed E-state index contributed by atoms with van der Waals surface area (Å²) in [5, 5.41) is 2.88. The monoisotopic (exact) mass is 479 g/mol. The summed E-state index contributed by atoms with van der Waals surface area (Å²) in [5.41, 5.74) is 3.74. The van der Waals surface area contributed by atoms with Crippen molar-refractivity contribution in [3.05, 3.63) is 84.0 Å². The Labute approximate surface area is 199 Å². The molecule has 1 unspecified atom stereocenters. The average molecular weight is 480 g/mol. The zero-order valence-electron chi connectivity index (χ0n) is 17.3. The van der Waals surface area contributed by atoms with Crippen LogP contribution in [0.5, 0.6) is 0 Å². The molecule has 0 bridgehead atoms. The van der Waals surface area contributed by atoms with Crippen molar-refractivity contribution in [3.8, 4) is 11.3 Å². The summed E-state index contributed by atoms with van der Waals surface area (Å²) in [4.78, 5) is 5.69. The highest BCUT2D eigenvalue weighted by Gasteiger charge is 2.18. The Bertz CT molecular complexity index is 1270. The maximum atomic E-state index is 12.3. The van der Waals surface area contributed by atoms with E-state index in [-0.39, 0.29) is 0 Å². The number of nitrogens with one attached hydrogen (secondary N) is 1. The van der Waals surface area contributed by atoms with E-state index in [2.05, 4.69) is 34.0 Å². The topological polar surface area (TPSA) is 45.2 Å². The van der Waals surface area contributed by atoms with E-state index < -0.39 is 11.0 Å². The van der Waals surface area contributed by atoms with Crippen molar-refractivity contribution in [2.24, 2.45) is 0 Å². The Morgan fingerprint density at radius 1 is 1.00 bits per heavy atom. The van der Waals surface area contributed by atoms with Gasteiger partial charge in [0.25, 0.3) is 0 Å². The predicted molar refractivity (Wildman–Crippen MR) is 138 cm³/mol. The zero-order chi connectivity index (χ0) is 21.9. The van der Waals surface area contributed by atoms with Gasteiger partial charge in [-0.05, 0) is 78.7 Å². The minimum atomic E-state index is -0.910. The van der Waals surface area contributed by atoms with E-state index in [9.17, 15) is 4.21 Å². The smallest absolute Gasteiger partial charge is 0.119 e. The first-order valence-electron chi connectivity index (χ1n) is 10.5. The maximum absolute atomic E-state index is 12.3. The van der Waals surface area contributed by atoms with Gasteiger partial charge in [-0.15, -0.1) is 0 Å². The largest absolute Gasteiger partial charge is 0.326 e. The molecule has 7 heteroatoms. The van der Waals surface area contributed by atoms with Crippen LogP contribution in [0.15, 0.2) is 83.9 Å². The Morgan fingerprint density at radius 3 is 2.69 bits per heavy atom. The first kappa shape index (κ1) is 21.3. The Hall–Kier alpha value is -2.54. The van der Waals surface area contributed by atoms with Gasteiger partial charge >= 0.3 is 0 Å². The first-order chi connectivity index (χ1) is 15.7. The van der Waals surface area contributed by atoms with Gasteiger partial charge < -0.3 is 4.72 Å². The van der Waals surface area contributed by atoms with Crippen molar-refractivity contribution in [1.82, 2.24) is 4.98 Å². The highest BCUT2D eigenvalue weighted by atomic mass is 35.5. The van der Waals surface area contributed by atoms with E-state index in [1.54, 1.807) is 0 Å². The summed E-state index contributed by atoms with van der Waals surface area (Å²) in [6.45, 7) is 0.854. The second-order valence-corrected chi connectivity index (χ2v) is 10.4. The van der Waals surface area contributed by atoms with Gasteiger partial charge in [0.15, 0.2) is 0 Å². The molecule has 1 aromatic heterocycles. The lowest BCUT2D eigenvalue weighted by atomic mass is 10.0. The number of hydrogen-bond acceptors (Lipinski definition) is 4. The van der Waals surface area contributed by atoms with Gasteiger partial charge in [0.1, 0.15) is 11.0 Å². The van der Waals surface area contributed by atoms with Crippen molar-refractivity contribution < 1.29 is 4.21 Å². The SMILES string of the molecule is O=S1CCCCN1c1ccc(SNc2ccc(Cl)c(-c3nccc4ccccc34)c2)cc1. The summed E-state index contributed by atoms with van der Waals surface area (Å²) in [6, 6.07) is 24.3. The number of aromatic nitrogens is 1. The normalized spacial score (nSPS) is 16.3. The highest BCUT2D eigenvalue weighted by Crippen LogP contribution is 2.35. The van der Waals surface area contributed by atoms with Crippen LogP contribution < -0.4 is 9.03 Å². The second-order valence-electron chi connectivity index (χ2n) is 7.61. The van der Waals surface area contributed by atoms with Crippen LogP contribution in [-0.4, -0.2) is 21.5 Å². The molecule has 162 valence electrons. The van der Waals surface area contributed by atoms with Crippen LogP contribution in [0.4, 0.5) is 11.4 Å². The fourth-order valence-electron chi connectivity index (χ4n) is 3.84.